The number of hydrogen-bond acceptors (Lipinski definition) is 5. The molecule has 1 fully saturated rings. The Morgan fingerprint density at radius 2 is 2.11 bits per heavy atom. The average molecular weight is 389 g/mol. The van der Waals surface area contributed by atoms with E-state index in [0.717, 1.165) is 6.42 Å². The molecule has 8 heteroatoms. The van der Waals surface area contributed by atoms with Crippen LogP contribution >= 0.6 is 0 Å². The first-order valence-corrected chi connectivity index (χ1v) is 9.41. The van der Waals surface area contributed by atoms with Crippen molar-refractivity contribution < 1.29 is 19.0 Å². The van der Waals surface area contributed by atoms with Crippen LogP contribution in [0.4, 0.5) is 10.1 Å². The number of rotatable bonds is 3. The van der Waals surface area contributed by atoms with Crippen LogP contribution in [-0.2, 0) is 0 Å². The third-order valence-corrected chi connectivity index (χ3v) is 5.90. The number of aromatic carboxylic acids is 1. The number of carboxylic acid groups (broad SMARTS) is 1. The zero-order valence-electron chi connectivity index (χ0n) is 16.2. The van der Waals surface area contributed by atoms with Crippen molar-refractivity contribution >= 4 is 22.6 Å². The minimum absolute atomic E-state index is 0.168. The van der Waals surface area contributed by atoms with E-state index in [4.69, 9.17) is 10.5 Å². The monoisotopic (exact) mass is 389 g/mol. The standard InChI is InChI=1S/C20H24FN3O4/c1-10-9-28-17-15-11(6-13(19(26)27)18(25)24(10)15)7-14(21)16(17)23-5-4-12(8-23)20(2,3)22/h6-7,10,12H,4-5,8-9,22H2,1-3H3,(H,26,27)/t10-,12?/m0/s1. The number of carboxylic acids is 1. The topological polar surface area (TPSA) is 97.8 Å². The van der Waals surface area contributed by atoms with Crippen LogP contribution in [0.15, 0.2) is 16.9 Å². The fourth-order valence-electron chi connectivity index (χ4n) is 4.29. The smallest absolute Gasteiger partial charge is 0.341 e. The average Bonchev–Trinajstić information content (AvgIpc) is 3.08. The van der Waals surface area contributed by atoms with E-state index in [1.807, 2.05) is 18.7 Å². The van der Waals surface area contributed by atoms with Crippen LogP contribution in [0.3, 0.4) is 0 Å². The van der Waals surface area contributed by atoms with E-state index >= 15 is 4.39 Å². The van der Waals surface area contributed by atoms with Gasteiger partial charge >= 0.3 is 5.97 Å². The summed E-state index contributed by atoms with van der Waals surface area (Å²) >= 11 is 0. The van der Waals surface area contributed by atoms with Gasteiger partial charge in [0, 0.05) is 24.0 Å². The van der Waals surface area contributed by atoms with E-state index in [1.165, 1.54) is 16.7 Å². The lowest BCUT2D eigenvalue weighted by Crippen LogP contribution is -2.42. The second-order valence-corrected chi connectivity index (χ2v) is 8.43. The maximum absolute atomic E-state index is 15.1. The summed E-state index contributed by atoms with van der Waals surface area (Å²) < 4.78 is 22.4. The first-order chi connectivity index (χ1) is 13.1. The number of aromatic nitrogens is 1. The molecule has 3 heterocycles. The minimum Gasteiger partial charge on any atom is -0.487 e. The SMILES string of the molecule is C[C@H]1COc2c(N3CCC(C(C)(C)N)C3)c(F)cc3cc(C(=O)O)c(=O)n1c23. The lowest BCUT2D eigenvalue weighted by atomic mass is 9.88. The van der Waals surface area contributed by atoms with Gasteiger partial charge in [0.15, 0.2) is 11.6 Å². The second-order valence-electron chi connectivity index (χ2n) is 8.43. The molecule has 2 aliphatic rings. The Morgan fingerprint density at radius 3 is 2.71 bits per heavy atom. The van der Waals surface area contributed by atoms with E-state index < -0.39 is 17.3 Å². The predicted molar refractivity (Wildman–Crippen MR) is 104 cm³/mol. The highest BCUT2D eigenvalue weighted by Gasteiger charge is 2.36. The molecule has 4 rings (SSSR count). The van der Waals surface area contributed by atoms with Crippen LogP contribution in [0.2, 0.25) is 0 Å². The molecule has 2 atom stereocenters. The number of pyridine rings is 1. The van der Waals surface area contributed by atoms with Crippen molar-refractivity contribution in [3.05, 3.63) is 33.9 Å². The molecule has 0 bridgehead atoms. The molecule has 1 saturated heterocycles. The first kappa shape index (κ1) is 18.7. The van der Waals surface area contributed by atoms with Crippen molar-refractivity contribution in [2.75, 3.05) is 24.6 Å². The maximum atomic E-state index is 15.1. The van der Waals surface area contributed by atoms with Crippen LogP contribution < -0.4 is 20.9 Å². The maximum Gasteiger partial charge on any atom is 0.341 e. The van der Waals surface area contributed by atoms with Crippen molar-refractivity contribution in [3.63, 3.8) is 0 Å². The normalized spacial score (nSPS) is 21.8. The molecular formula is C20H24FN3O4. The first-order valence-electron chi connectivity index (χ1n) is 9.41. The number of anilines is 1. The van der Waals surface area contributed by atoms with Gasteiger partial charge in [-0.1, -0.05) is 0 Å². The number of benzene rings is 1. The molecule has 2 aromatic rings. The van der Waals surface area contributed by atoms with Gasteiger partial charge in [-0.25, -0.2) is 9.18 Å². The van der Waals surface area contributed by atoms with E-state index in [-0.39, 0.29) is 29.7 Å². The van der Waals surface area contributed by atoms with Crippen molar-refractivity contribution in [1.29, 1.82) is 0 Å². The summed E-state index contributed by atoms with van der Waals surface area (Å²) in [5, 5.41) is 9.70. The highest BCUT2D eigenvalue weighted by molar-refractivity contribution is 5.97. The molecule has 1 aromatic carbocycles. The van der Waals surface area contributed by atoms with E-state index in [2.05, 4.69) is 0 Å². The van der Waals surface area contributed by atoms with Crippen molar-refractivity contribution in [3.8, 4) is 5.75 Å². The molecule has 150 valence electrons. The molecule has 0 saturated carbocycles. The van der Waals surface area contributed by atoms with Crippen molar-refractivity contribution in [2.24, 2.45) is 11.7 Å². The lowest BCUT2D eigenvalue weighted by Gasteiger charge is -2.32. The molecule has 0 radical (unpaired) electrons. The van der Waals surface area contributed by atoms with Crippen molar-refractivity contribution in [2.45, 2.75) is 38.8 Å². The number of halogens is 1. The summed E-state index contributed by atoms with van der Waals surface area (Å²) in [4.78, 5) is 26.1. The Labute approximate surface area is 161 Å². The Hall–Kier alpha value is -2.61. The molecule has 0 amide bonds. The Morgan fingerprint density at radius 1 is 1.39 bits per heavy atom. The van der Waals surface area contributed by atoms with Gasteiger partial charge in [0.1, 0.15) is 17.9 Å². The van der Waals surface area contributed by atoms with Gasteiger partial charge in [0.05, 0.1) is 11.6 Å². The quantitative estimate of drug-likeness (QED) is 0.836. The molecular weight excluding hydrogens is 365 g/mol. The summed E-state index contributed by atoms with van der Waals surface area (Å²) in [6, 6.07) is 2.16. The molecule has 1 aromatic heterocycles. The second kappa shape index (κ2) is 6.20. The van der Waals surface area contributed by atoms with Crippen LogP contribution in [0.1, 0.15) is 43.6 Å². The zero-order valence-corrected chi connectivity index (χ0v) is 16.2. The van der Waals surface area contributed by atoms with E-state index in [9.17, 15) is 14.7 Å². The van der Waals surface area contributed by atoms with Crippen LogP contribution in [0, 0.1) is 11.7 Å². The molecule has 28 heavy (non-hydrogen) atoms. The number of nitrogens with two attached hydrogens (primary N) is 1. The third kappa shape index (κ3) is 2.74. The minimum atomic E-state index is -1.33. The summed E-state index contributed by atoms with van der Waals surface area (Å²) in [7, 11) is 0. The number of carbonyl (C=O) groups is 1. The van der Waals surface area contributed by atoms with Gasteiger partial charge in [0.25, 0.3) is 5.56 Å². The number of hydrogen-bond donors (Lipinski definition) is 2. The fraction of sp³-hybridized carbons (Fsp3) is 0.500. The van der Waals surface area contributed by atoms with Gasteiger partial charge in [-0.05, 0) is 45.2 Å². The molecule has 2 aliphatic heterocycles. The van der Waals surface area contributed by atoms with E-state index in [0.29, 0.717) is 35.4 Å². The highest BCUT2D eigenvalue weighted by atomic mass is 19.1. The molecule has 3 N–H and O–H groups in total. The van der Waals surface area contributed by atoms with Crippen LogP contribution in [0.5, 0.6) is 5.75 Å². The summed E-state index contributed by atoms with van der Waals surface area (Å²) in [5.74, 6) is -1.31. The predicted octanol–water partition coefficient (Wildman–Crippen LogP) is 2.36. The Bertz CT molecular complexity index is 1040. The Kier molecular flexibility index (Phi) is 4.15. The largest absolute Gasteiger partial charge is 0.487 e. The summed E-state index contributed by atoms with van der Waals surface area (Å²) in [6.45, 7) is 7.10. The number of nitrogens with zero attached hydrogens (tertiary/aromatic N) is 2. The van der Waals surface area contributed by atoms with Gasteiger partial charge in [0.2, 0.25) is 0 Å². The summed E-state index contributed by atoms with van der Waals surface area (Å²) in [6.07, 6.45) is 0.835. The highest BCUT2D eigenvalue weighted by Crippen LogP contribution is 2.44. The molecule has 1 unspecified atom stereocenters. The third-order valence-electron chi connectivity index (χ3n) is 5.90. The van der Waals surface area contributed by atoms with Crippen molar-refractivity contribution in [1.82, 2.24) is 4.57 Å². The number of ether oxygens (including phenoxy) is 1. The zero-order chi connectivity index (χ0) is 20.4. The Balaban J connectivity index is 1.94. The molecule has 0 aliphatic carbocycles. The lowest BCUT2D eigenvalue weighted by molar-refractivity contribution is 0.0694. The fourth-order valence-corrected chi connectivity index (χ4v) is 4.29. The van der Waals surface area contributed by atoms with Gasteiger partial charge < -0.3 is 20.5 Å². The molecule has 0 spiro atoms. The molecule has 7 nitrogen and oxygen atoms in total. The van der Waals surface area contributed by atoms with Gasteiger partial charge in [-0.15, -0.1) is 0 Å². The van der Waals surface area contributed by atoms with Crippen LogP contribution in [-0.4, -0.2) is 40.9 Å². The van der Waals surface area contributed by atoms with Gasteiger partial charge in [-0.2, -0.15) is 0 Å². The summed E-state index contributed by atoms with van der Waals surface area (Å²) in [5.41, 5.74) is 5.66. The van der Waals surface area contributed by atoms with E-state index in [1.54, 1.807) is 6.92 Å². The van der Waals surface area contributed by atoms with Gasteiger partial charge in [-0.3, -0.25) is 9.36 Å². The van der Waals surface area contributed by atoms with Crippen LogP contribution in [0.25, 0.3) is 10.9 Å².